The fourth-order valence-corrected chi connectivity index (χ4v) is 1.83. The lowest BCUT2D eigenvalue weighted by molar-refractivity contribution is -0.137. The summed E-state index contributed by atoms with van der Waals surface area (Å²) in [6, 6.07) is 4.68. The molecular formula is C14H19F3N2O. The van der Waals surface area contributed by atoms with Gasteiger partial charge >= 0.3 is 6.18 Å². The number of benzene rings is 1. The molecule has 0 spiro atoms. The van der Waals surface area contributed by atoms with Crippen LogP contribution in [0.1, 0.15) is 37.8 Å². The van der Waals surface area contributed by atoms with Crippen molar-refractivity contribution in [1.29, 1.82) is 0 Å². The van der Waals surface area contributed by atoms with Gasteiger partial charge in [0.2, 0.25) is 5.91 Å². The number of nitrogens with two attached hydrogens (primary N) is 1. The Hall–Kier alpha value is -1.56. The molecule has 3 nitrogen and oxygen atoms in total. The largest absolute Gasteiger partial charge is 0.416 e. The molecule has 0 saturated carbocycles. The highest BCUT2D eigenvalue weighted by molar-refractivity contribution is 5.85. The molecule has 0 heterocycles. The lowest BCUT2D eigenvalue weighted by atomic mass is 9.96. The zero-order valence-electron chi connectivity index (χ0n) is 11.6. The van der Waals surface area contributed by atoms with Crippen molar-refractivity contribution in [1.82, 2.24) is 5.32 Å². The molecule has 0 fully saturated rings. The van der Waals surface area contributed by atoms with Crippen molar-refractivity contribution < 1.29 is 18.0 Å². The quantitative estimate of drug-likeness (QED) is 0.875. The third kappa shape index (κ3) is 4.52. The molecule has 0 saturated heterocycles. The van der Waals surface area contributed by atoms with Crippen molar-refractivity contribution in [3.05, 3.63) is 35.4 Å². The minimum atomic E-state index is -4.35. The molecule has 0 aliphatic rings. The Kier molecular flexibility index (Phi) is 5.16. The van der Waals surface area contributed by atoms with E-state index in [0.29, 0.717) is 12.0 Å². The van der Waals surface area contributed by atoms with Gasteiger partial charge in [-0.15, -0.1) is 0 Å². The summed E-state index contributed by atoms with van der Waals surface area (Å²) in [6.07, 6.45) is -3.02. The van der Waals surface area contributed by atoms with E-state index in [1.165, 1.54) is 12.1 Å². The van der Waals surface area contributed by atoms with Crippen LogP contribution in [-0.4, -0.2) is 11.4 Å². The first-order chi connectivity index (χ1) is 9.16. The average molecular weight is 288 g/mol. The molecule has 1 atom stereocenters. The Morgan fingerprint density at radius 3 is 2.25 bits per heavy atom. The number of halogens is 3. The fourth-order valence-electron chi connectivity index (χ4n) is 1.83. The van der Waals surface area contributed by atoms with Gasteiger partial charge in [0.15, 0.2) is 0 Å². The van der Waals surface area contributed by atoms with E-state index in [-0.39, 0.29) is 12.5 Å². The molecule has 0 bridgehead atoms. The average Bonchev–Trinajstić information content (AvgIpc) is 2.35. The highest BCUT2D eigenvalue weighted by Gasteiger charge is 2.30. The van der Waals surface area contributed by atoms with E-state index < -0.39 is 17.3 Å². The molecule has 0 aliphatic heterocycles. The minimum Gasteiger partial charge on any atom is -0.350 e. The van der Waals surface area contributed by atoms with E-state index in [0.717, 1.165) is 18.6 Å². The molecule has 1 aromatic rings. The van der Waals surface area contributed by atoms with Crippen LogP contribution in [0.5, 0.6) is 0 Å². The molecule has 1 unspecified atom stereocenters. The Bertz CT molecular complexity index is 452. The van der Waals surface area contributed by atoms with Crippen LogP contribution in [0.15, 0.2) is 24.3 Å². The molecule has 0 aromatic heterocycles. The smallest absolute Gasteiger partial charge is 0.350 e. The van der Waals surface area contributed by atoms with Gasteiger partial charge in [0, 0.05) is 6.54 Å². The molecule has 112 valence electrons. The van der Waals surface area contributed by atoms with Gasteiger partial charge in [0.25, 0.3) is 0 Å². The van der Waals surface area contributed by atoms with Crippen molar-refractivity contribution in [2.24, 2.45) is 5.73 Å². The number of alkyl halides is 3. The van der Waals surface area contributed by atoms with E-state index in [1.54, 1.807) is 6.92 Å². The molecule has 1 aromatic carbocycles. The maximum absolute atomic E-state index is 12.4. The van der Waals surface area contributed by atoms with Crippen LogP contribution in [0, 0.1) is 0 Å². The van der Waals surface area contributed by atoms with Gasteiger partial charge in [-0.25, -0.2) is 0 Å². The predicted molar refractivity (Wildman–Crippen MR) is 70.8 cm³/mol. The number of hydrogen-bond acceptors (Lipinski definition) is 2. The SMILES string of the molecule is CCCC(C)(N)C(=O)NCc1ccc(C(F)(F)F)cc1. The van der Waals surface area contributed by atoms with Gasteiger partial charge in [0.05, 0.1) is 11.1 Å². The van der Waals surface area contributed by atoms with E-state index in [1.807, 2.05) is 6.92 Å². The fraction of sp³-hybridized carbons (Fsp3) is 0.500. The first kappa shape index (κ1) is 16.5. The van der Waals surface area contributed by atoms with E-state index in [9.17, 15) is 18.0 Å². The summed E-state index contributed by atoms with van der Waals surface area (Å²) < 4.78 is 37.2. The zero-order valence-corrected chi connectivity index (χ0v) is 11.6. The number of rotatable bonds is 5. The van der Waals surface area contributed by atoms with Gasteiger partial charge in [-0.05, 0) is 31.0 Å². The molecule has 3 N–H and O–H groups in total. The molecule has 6 heteroatoms. The molecule has 0 aliphatic carbocycles. The highest BCUT2D eigenvalue weighted by atomic mass is 19.4. The standard InChI is InChI=1S/C14H19F3N2O/c1-3-8-13(2,18)12(20)19-9-10-4-6-11(7-5-10)14(15,16)17/h4-7H,3,8-9,18H2,1-2H3,(H,19,20). The number of carbonyl (C=O) groups excluding carboxylic acids is 1. The first-order valence-electron chi connectivity index (χ1n) is 6.40. The van der Waals surface area contributed by atoms with Gasteiger partial charge in [0.1, 0.15) is 0 Å². The van der Waals surface area contributed by atoms with Crippen LogP contribution in [0.2, 0.25) is 0 Å². The van der Waals surface area contributed by atoms with Crippen LogP contribution in [0.4, 0.5) is 13.2 Å². The van der Waals surface area contributed by atoms with Crippen molar-refractivity contribution in [3.63, 3.8) is 0 Å². The molecule has 1 rings (SSSR count). The normalized spacial score (nSPS) is 14.7. The van der Waals surface area contributed by atoms with Crippen LogP contribution < -0.4 is 11.1 Å². The Morgan fingerprint density at radius 2 is 1.80 bits per heavy atom. The van der Waals surface area contributed by atoms with Crippen LogP contribution >= 0.6 is 0 Å². The van der Waals surface area contributed by atoms with E-state index in [4.69, 9.17) is 5.73 Å². The summed E-state index contributed by atoms with van der Waals surface area (Å²) in [6.45, 7) is 3.72. The Balaban J connectivity index is 2.61. The summed E-state index contributed by atoms with van der Waals surface area (Å²) in [7, 11) is 0. The zero-order chi connectivity index (χ0) is 15.4. The summed E-state index contributed by atoms with van der Waals surface area (Å²) in [5.74, 6) is -0.306. The predicted octanol–water partition coefficient (Wildman–Crippen LogP) is 2.84. The highest BCUT2D eigenvalue weighted by Crippen LogP contribution is 2.29. The molecule has 1 amide bonds. The van der Waals surface area contributed by atoms with Gasteiger partial charge in [-0.3, -0.25) is 4.79 Å². The third-order valence-corrected chi connectivity index (χ3v) is 3.02. The van der Waals surface area contributed by atoms with Crippen molar-refractivity contribution in [2.75, 3.05) is 0 Å². The molecular weight excluding hydrogens is 269 g/mol. The van der Waals surface area contributed by atoms with Gasteiger partial charge < -0.3 is 11.1 Å². The first-order valence-corrected chi connectivity index (χ1v) is 6.40. The minimum absolute atomic E-state index is 0.160. The number of carbonyl (C=O) groups is 1. The van der Waals surface area contributed by atoms with Crippen molar-refractivity contribution in [2.45, 2.75) is 44.9 Å². The maximum atomic E-state index is 12.4. The molecule has 0 radical (unpaired) electrons. The van der Waals surface area contributed by atoms with Crippen LogP contribution in [-0.2, 0) is 17.5 Å². The van der Waals surface area contributed by atoms with Gasteiger partial charge in [-0.2, -0.15) is 13.2 Å². The van der Waals surface area contributed by atoms with E-state index in [2.05, 4.69) is 5.32 Å². The number of amides is 1. The van der Waals surface area contributed by atoms with Crippen molar-refractivity contribution >= 4 is 5.91 Å². The summed E-state index contributed by atoms with van der Waals surface area (Å²) >= 11 is 0. The lowest BCUT2D eigenvalue weighted by Crippen LogP contribution is -2.51. The number of hydrogen-bond donors (Lipinski definition) is 2. The van der Waals surface area contributed by atoms with Crippen LogP contribution in [0.25, 0.3) is 0 Å². The maximum Gasteiger partial charge on any atom is 0.416 e. The Morgan fingerprint density at radius 1 is 1.25 bits per heavy atom. The van der Waals surface area contributed by atoms with Crippen LogP contribution in [0.3, 0.4) is 0 Å². The molecule has 20 heavy (non-hydrogen) atoms. The second-order valence-electron chi connectivity index (χ2n) is 5.04. The van der Waals surface area contributed by atoms with Crippen molar-refractivity contribution in [3.8, 4) is 0 Å². The summed E-state index contributed by atoms with van der Waals surface area (Å²) in [4.78, 5) is 11.8. The monoisotopic (exact) mass is 288 g/mol. The third-order valence-electron chi connectivity index (χ3n) is 3.02. The topological polar surface area (TPSA) is 55.1 Å². The number of nitrogens with one attached hydrogen (secondary N) is 1. The second kappa shape index (κ2) is 6.26. The Labute approximate surface area is 116 Å². The summed E-state index contributed by atoms with van der Waals surface area (Å²) in [5, 5.41) is 2.64. The second-order valence-corrected chi connectivity index (χ2v) is 5.04. The van der Waals surface area contributed by atoms with Gasteiger partial charge in [-0.1, -0.05) is 25.5 Å². The summed E-state index contributed by atoms with van der Waals surface area (Å²) in [5.41, 5.74) is 4.79. The van der Waals surface area contributed by atoms with E-state index >= 15 is 0 Å². The lowest BCUT2D eigenvalue weighted by Gasteiger charge is -2.22.